The molecular formula is C23H21FN2O2. The average molecular weight is 376 g/mol. The number of amides is 2. The van der Waals surface area contributed by atoms with Crippen LogP contribution in [0.4, 0.5) is 10.1 Å². The molecule has 0 aromatic heterocycles. The molecule has 0 aliphatic carbocycles. The zero-order chi connectivity index (χ0) is 19.9. The second-order valence-electron chi connectivity index (χ2n) is 6.48. The Labute approximate surface area is 163 Å². The summed E-state index contributed by atoms with van der Waals surface area (Å²) in [7, 11) is 0. The molecular weight excluding hydrogens is 355 g/mol. The summed E-state index contributed by atoms with van der Waals surface area (Å²) in [5, 5.41) is 5.53. The fourth-order valence-electron chi connectivity index (χ4n) is 2.85. The number of benzene rings is 3. The third-order valence-corrected chi connectivity index (χ3v) is 4.47. The maximum absolute atomic E-state index is 13.8. The first-order valence-electron chi connectivity index (χ1n) is 9.00. The number of hydrogen-bond acceptors (Lipinski definition) is 2. The number of carbonyl (C=O) groups excluding carboxylic acids is 2. The molecule has 28 heavy (non-hydrogen) atoms. The van der Waals surface area contributed by atoms with Crippen LogP contribution >= 0.6 is 0 Å². The van der Waals surface area contributed by atoms with Gasteiger partial charge in [0.1, 0.15) is 11.9 Å². The van der Waals surface area contributed by atoms with E-state index in [9.17, 15) is 14.0 Å². The van der Waals surface area contributed by atoms with Crippen LogP contribution < -0.4 is 10.6 Å². The molecule has 0 unspecified atom stereocenters. The van der Waals surface area contributed by atoms with E-state index in [-0.39, 0.29) is 5.91 Å². The van der Waals surface area contributed by atoms with Gasteiger partial charge in [0.25, 0.3) is 5.91 Å². The normalized spacial score (nSPS) is 11.5. The Bertz CT molecular complexity index is 959. The van der Waals surface area contributed by atoms with Gasteiger partial charge in [0.15, 0.2) is 0 Å². The first-order chi connectivity index (χ1) is 13.5. The highest BCUT2D eigenvalue weighted by Crippen LogP contribution is 2.18. The van der Waals surface area contributed by atoms with E-state index in [0.717, 1.165) is 5.56 Å². The number of nitrogens with one attached hydrogen (secondary N) is 2. The van der Waals surface area contributed by atoms with Crippen molar-refractivity contribution in [3.05, 3.63) is 101 Å². The zero-order valence-electron chi connectivity index (χ0n) is 15.5. The SMILES string of the molecule is Cc1c(F)cccc1NC(=O)[C@H](Cc1ccccc1)NC(=O)c1ccccc1. The van der Waals surface area contributed by atoms with E-state index < -0.39 is 17.8 Å². The summed E-state index contributed by atoms with van der Waals surface area (Å²) in [6.07, 6.45) is 0.319. The third-order valence-electron chi connectivity index (χ3n) is 4.47. The molecule has 4 nitrogen and oxygen atoms in total. The number of carbonyl (C=O) groups is 2. The lowest BCUT2D eigenvalue weighted by molar-refractivity contribution is -0.118. The van der Waals surface area contributed by atoms with Crippen LogP contribution in [0.1, 0.15) is 21.5 Å². The molecule has 5 heteroatoms. The summed E-state index contributed by atoms with van der Waals surface area (Å²) in [6.45, 7) is 1.60. The Balaban J connectivity index is 1.81. The Morgan fingerprint density at radius 3 is 2.21 bits per heavy atom. The van der Waals surface area contributed by atoms with Gasteiger partial charge in [-0.25, -0.2) is 4.39 Å². The quantitative estimate of drug-likeness (QED) is 0.680. The minimum Gasteiger partial charge on any atom is -0.340 e. The van der Waals surface area contributed by atoms with Crippen molar-refractivity contribution in [1.82, 2.24) is 5.32 Å². The van der Waals surface area contributed by atoms with E-state index in [2.05, 4.69) is 10.6 Å². The molecule has 0 radical (unpaired) electrons. The smallest absolute Gasteiger partial charge is 0.251 e. The lowest BCUT2D eigenvalue weighted by Gasteiger charge is -2.19. The van der Waals surface area contributed by atoms with Crippen LogP contribution in [-0.4, -0.2) is 17.9 Å². The third kappa shape index (κ3) is 4.82. The summed E-state index contributed by atoms with van der Waals surface area (Å²) >= 11 is 0. The maximum atomic E-state index is 13.8. The van der Waals surface area contributed by atoms with E-state index in [1.165, 1.54) is 12.1 Å². The second kappa shape index (κ2) is 8.95. The number of halogens is 1. The summed E-state index contributed by atoms with van der Waals surface area (Å²) in [6, 6.07) is 21.8. The van der Waals surface area contributed by atoms with Crippen LogP contribution in [0, 0.1) is 12.7 Å². The lowest BCUT2D eigenvalue weighted by Crippen LogP contribution is -2.45. The molecule has 3 aromatic carbocycles. The van der Waals surface area contributed by atoms with Crippen LogP contribution in [0.3, 0.4) is 0 Å². The summed E-state index contributed by atoms with van der Waals surface area (Å²) in [5.74, 6) is -1.14. The van der Waals surface area contributed by atoms with Gasteiger partial charge in [-0.15, -0.1) is 0 Å². The summed E-state index contributed by atoms with van der Waals surface area (Å²) in [4.78, 5) is 25.5. The molecule has 0 aliphatic rings. The molecule has 0 spiro atoms. The lowest BCUT2D eigenvalue weighted by atomic mass is 10.0. The Kier molecular flexibility index (Phi) is 6.17. The molecule has 142 valence electrons. The number of hydrogen-bond donors (Lipinski definition) is 2. The van der Waals surface area contributed by atoms with Crippen LogP contribution in [0.5, 0.6) is 0 Å². The standard InChI is InChI=1S/C23H21FN2O2/c1-16-19(24)13-8-14-20(16)25-23(28)21(15-17-9-4-2-5-10-17)26-22(27)18-11-6-3-7-12-18/h2-14,21H,15H2,1H3,(H,25,28)(H,26,27)/t21-/m0/s1. The molecule has 2 amide bonds. The average Bonchev–Trinajstić information content (AvgIpc) is 2.72. The van der Waals surface area contributed by atoms with E-state index in [4.69, 9.17) is 0 Å². The van der Waals surface area contributed by atoms with Crippen molar-refractivity contribution in [3.63, 3.8) is 0 Å². The van der Waals surface area contributed by atoms with Gasteiger partial charge in [0.2, 0.25) is 5.91 Å². The van der Waals surface area contributed by atoms with Gasteiger partial charge in [-0.05, 0) is 36.8 Å². The summed E-state index contributed by atoms with van der Waals surface area (Å²) < 4.78 is 13.8. The Hall–Kier alpha value is -3.47. The minimum atomic E-state index is -0.808. The Morgan fingerprint density at radius 1 is 0.893 bits per heavy atom. The minimum absolute atomic E-state index is 0.319. The van der Waals surface area contributed by atoms with Gasteiger partial charge in [-0.2, -0.15) is 0 Å². The van der Waals surface area contributed by atoms with E-state index in [1.54, 1.807) is 37.3 Å². The molecule has 2 N–H and O–H groups in total. The Morgan fingerprint density at radius 2 is 1.54 bits per heavy atom. The monoisotopic (exact) mass is 376 g/mol. The highest BCUT2D eigenvalue weighted by atomic mass is 19.1. The first kappa shape index (κ1) is 19.3. The largest absolute Gasteiger partial charge is 0.340 e. The van der Waals surface area contributed by atoms with Gasteiger partial charge in [0, 0.05) is 23.2 Å². The van der Waals surface area contributed by atoms with Crippen LogP contribution in [0.2, 0.25) is 0 Å². The van der Waals surface area contributed by atoms with Crippen molar-refractivity contribution in [3.8, 4) is 0 Å². The molecule has 0 aliphatic heterocycles. The van der Waals surface area contributed by atoms with Crippen molar-refractivity contribution in [2.24, 2.45) is 0 Å². The molecule has 3 aromatic rings. The predicted molar refractivity (Wildman–Crippen MR) is 108 cm³/mol. The number of rotatable bonds is 6. The van der Waals surface area contributed by atoms with E-state index >= 15 is 0 Å². The van der Waals surface area contributed by atoms with Crippen molar-refractivity contribution in [2.75, 3.05) is 5.32 Å². The molecule has 1 atom stereocenters. The molecule has 0 saturated heterocycles. The second-order valence-corrected chi connectivity index (χ2v) is 6.48. The van der Waals surface area contributed by atoms with Crippen molar-refractivity contribution in [2.45, 2.75) is 19.4 Å². The van der Waals surface area contributed by atoms with Gasteiger partial charge in [0.05, 0.1) is 0 Å². The maximum Gasteiger partial charge on any atom is 0.251 e. The highest BCUT2D eigenvalue weighted by molar-refractivity contribution is 6.01. The van der Waals surface area contributed by atoms with Gasteiger partial charge in [-0.3, -0.25) is 9.59 Å². The first-order valence-corrected chi connectivity index (χ1v) is 9.00. The van der Waals surface area contributed by atoms with Crippen LogP contribution in [-0.2, 0) is 11.2 Å². The zero-order valence-corrected chi connectivity index (χ0v) is 15.5. The molecule has 0 fully saturated rings. The van der Waals surface area contributed by atoms with Crippen molar-refractivity contribution < 1.29 is 14.0 Å². The van der Waals surface area contributed by atoms with Crippen LogP contribution in [0.25, 0.3) is 0 Å². The molecule has 0 bridgehead atoms. The highest BCUT2D eigenvalue weighted by Gasteiger charge is 2.23. The number of anilines is 1. The van der Waals surface area contributed by atoms with Gasteiger partial charge in [-0.1, -0.05) is 54.6 Å². The topological polar surface area (TPSA) is 58.2 Å². The molecule has 3 rings (SSSR count). The van der Waals surface area contributed by atoms with Crippen LogP contribution in [0.15, 0.2) is 78.9 Å². The molecule has 0 heterocycles. The predicted octanol–water partition coefficient (Wildman–Crippen LogP) is 4.11. The van der Waals surface area contributed by atoms with Gasteiger partial charge < -0.3 is 10.6 Å². The van der Waals surface area contributed by atoms with E-state index in [0.29, 0.717) is 23.2 Å². The fraction of sp³-hybridized carbons (Fsp3) is 0.130. The van der Waals surface area contributed by atoms with Gasteiger partial charge >= 0.3 is 0 Å². The van der Waals surface area contributed by atoms with E-state index in [1.807, 2.05) is 36.4 Å². The van der Waals surface area contributed by atoms with Crippen molar-refractivity contribution >= 4 is 17.5 Å². The van der Waals surface area contributed by atoms with Crippen molar-refractivity contribution in [1.29, 1.82) is 0 Å². The molecule has 0 saturated carbocycles. The summed E-state index contributed by atoms with van der Waals surface area (Å²) in [5.41, 5.74) is 2.11. The fourth-order valence-corrected chi connectivity index (χ4v) is 2.85.